The summed E-state index contributed by atoms with van der Waals surface area (Å²) in [6, 6.07) is 0.329. The first-order valence-corrected chi connectivity index (χ1v) is 7.70. The smallest absolute Gasteiger partial charge is 0.239 e. The highest BCUT2D eigenvalue weighted by atomic mass is 32.2. The lowest BCUT2D eigenvalue weighted by Crippen LogP contribution is -2.51. The molecule has 0 aliphatic carbocycles. The second kappa shape index (κ2) is 7.95. The van der Waals surface area contributed by atoms with Crippen molar-refractivity contribution in [3.8, 4) is 0 Å². The van der Waals surface area contributed by atoms with Crippen molar-refractivity contribution in [1.29, 1.82) is 0 Å². The van der Waals surface area contributed by atoms with Gasteiger partial charge in [0.15, 0.2) is 0 Å². The fourth-order valence-electron chi connectivity index (χ4n) is 1.97. The summed E-state index contributed by atoms with van der Waals surface area (Å²) < 4.78 is 5.25. The molecule has 0 saturated carbocycles. The Labute approximate surface area is 108 Å². The summed E-state index contributed by atoms with van der Waals surface area (Å²) in [5.74, 6) is 1.25. The number of carbonyl (C=O) groups is 1. The first kappa shape index (κ1) is 14.8. The van der Waals surface area contributed by atoms with E-state index in [9.17, 15) is 4.79 Å². The highest BCUT2D eigenvalue weighted by Crippen LogP contribution is 2.05. The molecule has 17 heavy (non-hydrogen) atoms. The number of morpholine rings is 1. The highest BCUT2D eigenvalue weighted by molar-refractivity contribution is 7.98. The third kappa shape index (κ3) is 4.85. The van der Waals surface area contributed by atoms with Gasteiger partial charge in [-0.05, 0) is 19.6 Å². The average Bonchev–Trinajstić information content (AvgIpc) is 2.38. The van der Waals surface area contributed by atoms with E-state index in [-0.39, 0.29) is 11.9 Å². The van der Waals surface area contributed by atoms with Crippen LogP contribution in [0.15, 0.2) is 0 Å². The van der Waals surface area contributed by atoms with Crippen LogP contribution in [0.5, 0.6) is 0 Å². The lowest BCUT2D eigenvalue weighted by molar-refractivity contribution is -0.137. The quantitative estimate of drug-likeness (QED) is 0.772. The molecule has 0 aromatic carbocycles. The molecule has 1 N–H and O–H groups in total. The molecule has 1 heterocycles. The molecule has 1 rings (SSSR count). The van der Waals surface area contributed by atoms with E-state index in [2.05, 4.69) is 18.5 Å². The van der Waals surface area contributed by atoms with Crippen LogP contribution in [-0.2, 0) is 9.53 Å². The summed E-state index contributed by atoms with van der Waals surface area (Å²) in [6.45, 7) is 6.90. The number of thioether (sulfide) groups is 1. The van der Waals surface area contributed by atoms with Crippen molar-refractivity contribution in [1.82, 2.24) is 10.2 Å². The van der Waals surface area contributed by atoms with Gasteiger partial charge < -0.3 is 15.0 Å². The molecule has 2 unspecified atom stereocenters. The Balaban J connectivity index is 2.39. The maximum atomic E-state index is 12.2. The summed E-state index contributed by atoms with van der Waals surface area (Å²) in [4.78, 5) is 14.1. The fraction of sp³-hybridized carbons (Fsp3) is 0.917. The maximum absolute atomic E-state index is 12.2. The summed E-state index contributed by atoms with van der Waals surface area (Å²) in [5, 5.41) is 3.41. The Hall–Kier alpha value is -0.260. The topological polar surface area (TPSA) is 41.6 Å². The largest absolute Gasteiger partial charge is 0.378 e. The second-order valence-corrected chi connectivity index (χ2v) is 5.30. The van der Waals surface area contributed by atoms with E-state index in [0.29, 0.717) is 19.3 Å². The normalized spacial score (nSPS) is 20.1. The van der Waals surface area contributed by atoms with Crippen LogP contribution < -0.4 is 5.32 Å². The molecule has 100 valence electrons. The zero-order valence-electron chi connectivity index (χ0n) is 11.1. The summed E-state index contributed by atoms with van der Waals surface area (Å²) in [5.41, 5.74) is 0. The van der Waals surface area contributed by atoms with Crippen molar-refractivity contribution in [2.45, 2.75) is 32.4 Å². The molecule has 1 saturated heterocycles. The van der Waals surface area contributed by atoms with Gasteiger partial charge in [0, 0.05) is 24.9 Å². The van der Waals surface area contributed by atoms with Crippen LogP contribution in [-0.4, -0.2) is 61.2 Å². The third-order valence-electron chi connectivity index (χ3n) is 3.04. The molecule has 1 amide bonds. The van der Waals surface area contributed by atoms with Crippen molar-refractivity contribution in [3.63, 3.8) is 0 Å². The van der Waals surface area contributed by atoms with E-state index in [1.165, 1.54) is 0 Å². The zero-order chi connectivity index (χ0) is 12.7. The number of ether oxygens (including phenoxy) is 1. The Kier molecular flexibility index (Phi) is 6.92. The second-order valence-electron chi connectivity index (χ2n) is 4.39. The minimum absolute atomic E-state index is 0.0924. The van der Waals surface area contributed by atoms with Crippen LogP contribution in [0.25, 0.3) is 0 Å². The number of rotatable bonds is 6. The monoisotopic (exact) mass is 260 g/mol. The Morgan fingerprint density at radius 2 is 2.12 bits per heavy atom. The Morgan fingerprint density at radius 1 is 1.47 bits per heavy atom. The van der Waals surface area contributed by atoms with Gasteiger partial charge in [0.25, 0.3) is 0 Å². The van der Waals surface area contributed by atoms with E-state index in [4.69, 9.17) is 4.74 Å². The van der Waals surface area contributed by atoms with Gasteiger partial charge >= 0.3 is 0 Å². The minimum Gasteiger partial charge on any atom is -0.378 e. The van der Waals surface area contributed by atoms with Crippen molar-refractivity contribution < 1.29 is 9.53 Å². The van der Waals surface area contributed by atoms with Gasteiger partial charge in [0.05, 0.1) is 19.3 Å². The molecule has 4 nitrogen and oxygen atoms in total. The molecule has 0 aromatic rings. The Morgan fingerprint density at radius 3 is 2.65 bits per heavy atom. The van der Waals surface area contributed by atoms with E-state index >= 15 is 0 Å². The summed E-state index contributed by atoms with van der Waals surface area (Å²) in [6.07, 6.45) is 3.15. The molecule has 1 aliphatic rings. The molecule has 1 aliphatic heterocycles. The Bertz CT molecular complexity index is 233. The number of nitrogens with zero attached hydrogens (tertiary/aromatic N) is 1. The molecule has 1 fully saturated rings. The van der Waals surface area contributed by atoms with Gasteiger partial charge in [-0.3, -0.25) is 4.79 Å². The van der Waals surface area contributed by atoms with Crippen LogP contribution >= 0.6 is 11.8 Å². The van der Waals surface area contributed by atoms with Crippen molar-refractivity contribution >= 4 is 17.7 Å². The van der Waals surface area contributed by atoms with E-state index in [1.807, 2.05) is 23.6 Å². The molecular weight excluding hydrogens is 236 g/mol. The number of hydrogen-bond donors (Lipinski definition) is 1. The van der Waals surface area contributed by atoms with Gasteiger partial charge in [-0.1, -0.05) is 6.92 Å². The molecule has 2 atom stereocenters. The SMILES string of the molecule is CCC(CSC)NC(C)C(=O)N1CCOCC1. The zero-order valence-corrected chi connectivity index (χ0v) is 11.9. The first-order valence-electron chi connectivity index (χ1n) is 6.30. The van der Waals surface area contributed by atoms with Crippen molar-refractivity contribution in [2.24, 2.45) is 0 Å². The highest BCUT2D eigenvalue weighted by Gasteiger charge is 2.23. The van der Waals surface area contributed by atoms with Gasteiger partial charge in [-0.15, -0.1) is 0 Å². The van der Waals surface area contributed by atoms with Gasteiger partial charge in [0.1, 0.15) is 0 Å². The summed E-state index contributed by atoms with van der Waals surface area (Å²) >= 11 is 1.82. The number of nitrogens with one attached hydrogen (secondary N) is 1. The van der Waals surface area contributed by atoms with Gasteiger partial charge in [-0.25, -0.2) is 0 Å². The van der Waals surface area contributed by atoms with Crippen LogP contribution in [0.4, 0.5) is 0 Å². The van der Waals surface area contributed by atoms with Crippen molar-refractivity contribution in [3.05, 3.63) is 0 Å². The number of hydrogen-bond acceptors (Lipinski definition) is 4. The predicted octanol–water partition coefficient (Wildman–Crippen LogP) is 0.965. The van der Waals surface area contributed by atoms with Gasteiger partial charge in [0.2, 0.25) is 5.91 Å². The van der Waals surface area contributed by atoms with E-state index in [0.717, 1.165) is 25.3 Å². The van der Waals surface area contributed by atoms with Crippen LogP contribution in [0, 0.1) is 0 Å². The predicted molar refractivity (Wildman–Crippen MR) is 72.5 cm³/mol. The van der Waals surface area contributed by atoms with Crippen LogP contribution in [0.3, 0.4) is 0 Å². The lowest BCUT2D eigenvalue weighted by Gasteiger charge is -2.31. The number of amides is 1. The van der Waals surface area contributed by atoms with Crippen LogP contribution in [0.2, 0.25) is 0 Å². The lowest BCUT2D eigenvalue weighted by atomic mass is 10.2. The first-order chi connectivity index (χ1) is 8.19. The molecular formula is C12H24N2O2S. The summed E-state index contributed by atoms with van der Waals surface area (Å²) in [7, 11) is 0. The molecule has 5 heteroatoms. The molecule has 0 spiro atoms. The number of carbonyl (C=O) groups excluding carboxylic acids is 1. The average molecular weight is 260 g/mol. The van der Waals surface area contributed by atoms with Crippen molar-refractivity contribution in [2.75, 3.05) is 38.3 Å². The standard InChI is InChI=1S/C12H24N2O2S/c1-4-11(9-17-3)13-10(2)12(15)14-5-7-16-8-6-14/h10-11,13H,4-9H2,1-3H3. The van der Waals surface area contributed by atoms with Gasteiger partial charge in [-0.2, -0.15) is 11.8 Å². The molecule has 0 radical (unpaired) electrons. The maximum Gasteiger partial charge on any atom is 0.239 e. The third-order valence-corrected chi connectivity index (χ3v) is 3.78. The van der Waals surface area contributed by atoms with E-state index in [1.54, 1.807) is 0 Å². The van der Waals surface area contributed by atoms with Crippen LogP contribution in [0.1, 0.15) is 20.3 Å². The molecule has 0 bridgehead atoms. The molecule has 0 aromatic heterocycles. The van der Waals surface area contributed by atoms with E-state index < -0.39 is 0 Å². The fourth-order valence-corrected chi connectivity index (χ4v) is 2.70. The minimum atomic E-state index is -0.0924.